The van der Waals surface area contributed by atoms with E-state index in [2.05, 4.69) is 15.5 Å². The highest BCUT2D eigenvalue weighted by Crippen LogP contribution is 2.51. The second-order valence-electron chi connectivity index (χ2n) is 11.5. The van der Waals surface area contributed by atoms with Crippen LogP contribution in [0.1, 0.15) is 69.8 Å². The molecule has 10 nitrogen and oxygen atoms in total. The monoisotopic (exact) mass is 551 g/mol. The number of imide groups is 1. The van der Waals surface area contributed by atoms with Gasteiger partial charge in [-0.3, -0.25) is 19.4 Å². The fourth-order valence-corrected chi connectivity index (χ4v) is 6.10. The molecule has 3 aliphatic rings. The van der Waals surface area contributed by atoms with E-state index in [0.717, 1.165) is 34.8 Å². The van der Waals surface area contributed by atoms with Gasteiger partial charge in [-0.2, -0.15) is 5.10 Å². The van der Waals surface area contributed by atoms with Crippen molar-refractivity contribution >= 4 is 34.5 Å². The zero-order valence-corrected chi connectivity index (χ0v) is 22.1. The minimum absolute atomic E-state index is 0.0222. The molecule has 3 aromatic rings. The van der Waals surface area contributed by atoms with Crippen molar-refractivity contribution in [3.8, 4) is 0 Å². The van der Waals surface area contributed by atoms with E-state index >= 15 is 0 Å². The molecular weight excluding hydrogens is 524 g/mol. The van der Waals surface area contributed by atoms with Gasteiger partial charge < -0.3 is 10.1 Å². The fraction of sp³-hybridized carbons (Fsp3) is 0.393. The first-order valence-corrected chi connectivity index (χ1v) is 13.1. The summed E-state index contributed by atoms with van der Waals surface area (Å²) >= 11 is 0. The van der Waals surface area contributed by atoms with Gasteiger partial charge >= 0.3 is 12.1 Å². The van der Waals surface area contributed by atoms with Crippen LogP contribution in [0, 0.1) is 11.6 Å². The van der Waals surface area contributed by atoms with Crippen LogP contribution in [0.2, 0.25) is 0 Å². The van der Waals surface area contributed by atoms with Crippen LogP contribution < -0.4 is 15.8 Å². The number of rotatable bonds is 2. The van der Waals surface area contributed by atoms with Crippen LogP contribution in [0.25, 0.3) is 10.8 Å². The van der Waals surface area contributed by atoms with Gasteiger partial charge in [0.25, 0.3) is 11.5 Å². The van der Waals surface area contributed by atoms with E-state index in [0.29, 0.717) is 18.4 Å². The SMILES string of the molecule is CC(C)(C)OC(=O)N1c2cc(F)cc3c(=O)[nH]nc(c23)C(N2C(=O)NC3(CCCC3)C2=O)C1c1ccc(F)cc1. The molecule has 208 valence electrons. The summed E-state index contributed by atoms with van der Waals surface area (Å²) in [7, 11) is 0. The average molecular weight is 552 g/mol. The average Bonchev–Trinajstić information content (AvgIpc) is 3.44. The standard InChI is InChI=1S/C28H27F2N5O5/c1-27(2,3)40-26(39)34-18-13-16(30)12-17-19(18)20(32-33-23(17)36)22(21(34)14-6-8-15(29)9-7-14)35-24(37)28(31-25(35)38)10-4-5-11-28/h6-9,12-13,21-22H,4-5,10-11H2,1-3H3,(H,31,38)(H,33,36). The van der Waals surface area contributed by atoms with E-state index in [4.69, 9.17) is 4.74 Å². The smallest absolute Gasteiger partial charge is 0.415 e. The largest absolute Gasteiger partial charge is 0.443 e. The third-order valence-corrected chi connectivity index (χ3v) is 7.71. The predicted octanol–water partition coefficient (Wildman–Crippen LogP) is 4.60. The molecule has 1 saturated carbocycles. The number of hydrogen-bond acceptors (Lipinski definition) is 6. The zero-order chi connectivity index (χ0) is 28.6. The Balaban J connectivity index is 1.67. The highest BCUT2D eigenvalue weighted by Gasteiger charge is 2.58. The lowest BCUT2D eigenvalue weighted by atomic mass is 9.86. The molecule has 2 atom stereocenters. The number of hydrogen-bond donors (Lipinski definition) is 2. The van der Waals surface area contributed by atoms with Gasteiger partial charge in [0.1, 0.15) is 28.8 Å². The van der Waals surface area contributed by atoms with Crippen molar-refractivity contribution in [1.29, 1.82) is 0 Å². The molecule has 6 rings (SSSR count). The Morgan fingerprint density at radius 3 is 2.35 bits per heavy atom. The number of carbonyl (C=O) groups is 3. The summed E-state index contributed by atoms with van der Waals surface area (Å²) in [6, 6.07) is 4.15. The number of amides is 4. The quantitative estimate of drug-likeness (QED) is 0.449. The van der Waals surface area contributed by atoms with Crippen LogP contribution in [-0.2, 0) is 9.53 Å². The summed E-state index contributed by atoms with van der Waals surface area (Å²) in [5.41, 5.74) is -2.38. The van der Waals surface area contributed by atoms with Gasteiger partial charge in [-0.15, -0.1) is 0 Å². The number of benzene rings is 2. The number of aromatic amines is 1. The first-order chi connectivity index (χ1) is 18.9. The fourth-order valence-electron chi connectivity index (χ4n) is 6.10. The highest BCUT2D eigenvalue weighted by molar-refractivity contribution is 6.10. The molecule has 12 heteroatoms. The first kappa shape index (κ1) is 25.9. The van der Waals surface area contributed by atoms with Gasteiger partial charge in [0.05, 0.1) is 22.8 Å². The molecule has 2 aliphatic heterocycles. The van der Waals surface area contributed by atoms with E-state index in [1.807, 2.05) is 0 Å². The maximum absolute atomic E-state index is 15.0. The third-order valence-electron chi connectivity index (χ3n) is 7.71. The second kappa shape index (κ2) is 8.83. The normalized spacial score (nSPS) is 21.8. The maximum Gasteiger partial charge on any atom is 0.415 e. The van der Waals surface area contributed by atoms with Crippen LogP contribution >= 0.6 is 0 Å². The lowest BCUT2D eigenvalue weighted by molar-refractivity contribution is -0.133. The maximum atomic E-state index is 15.0. The van der Waals surface area contributed by atoms with Crippen molar-refractivity contribution in [2.45, 2.75) is 69.7 Å². The van der Waals surface area contributed by atoms with Crippen molar-refractivity contribution in [1.82, 2.24) is 20.4 Å². The predicted molar refractivity (Wildman–Crippen MR) is 139 cm³/mol. The molecule has 0 radical (unpaired) electrons. The van der Waals surface area contributed by atoms with E-state index in [9.17, 15) is 28.0 Å². The van der Waals surface area contributed by atoms with Crippen LogP contribution in [0.3, 0.4) is 0 Å². The topological polar surface area (TPSA) is 125 Å². The molecule has 2 fully saturated rings. The van der Waals surface area contributed by atoms with Crippen molar-refractivity contribution in [2.75, 3.05) is 4.90 Å². The number of halogens is 2. The minimum atomic E-state index is -1.26. The number of urea groups is 1. The van der Waals surface area contributed by atoms with Crippen molar-refractivity contribution in [3.05, 3.63) is 69.6 Å². The van der Waals surface area contributed by atoms with Crippen LogP contribution in [-0.4, -0.2) is 44.3 Å². The molecular formula is C28H27F2N5O5. The molecule has 2 unspecified atom stereocenters. The number of ether oxygens (including phenoxy) is 1. The number of carbonyl (C=O) groups excluding carboxylic acids is 3. The Labute approximate surface area is 227 Å². The molecule has 1 aliphatic carbocycles. The minimum Gasteiger partial charge on any atom is -0.443 e. The summed E-state index contributed by atoms with van der Waals surface area (Å²) in [4.78, 5) is 56.4. The van der Waals surface area contributed by atoms with Crippen LogP contribution in [0.5, 0.6) is 0 Å². The zero-order valence-electron chi connectivity index (χ0n) is 22.1. The highest BCUT2D eigenvalue weighted by atomic mass is 19.1. The molecule has 2 N–H and O–H groups in total. The lowest BCUT2D eigenvalue weighted by Gasteiger charge is -2.44. The second-order valence-corrected chi connectivity index (χ2v) is 11.5. The van der Waals surface area contributed by atoms with E-state index in [1.54, 1.807) is 20.8 Å². The molecule has 1 aromatic heterocycles. The molecule has 1 saturated heterocycles. The first-order valence-electron chi connectivity index (χ1n) is 13.1. The van der Waals surface area contributed by atoms with Crippen molar-refractivity contribution < 1.29 is 27.9 Å². The van der Waals surface area contributed by atoms with E-state index in [-0.39, 0.29) is 22.2 Å². The number of nitrogens with one attached hydrogen (secondary N) is 2. The Hall–Kier alpha value is -4.35. The number of nitrogens with zero attached hydrogens (tertiary/aromatic N) is 3. The Morgan fingerprint density at radius 1 is 1.02 bits per heavy atom. The molecule has 3 heterocycles. The van der Waals surface area contributed by atoms with Gasteiger partial charge in [-0.1, -0.05) is 25.0 Å². The van der Waals surface area contributed by atoms with Crippen LogP contribution in [0.4, 0.5) is 24.1 Å². The Morgan fingerprint density at radius 2 is 1.70 bits per heavy atom. The third kappa shape index (κ3) is 3.92. The number of anilines is 1. The summed E-state index contributed by atoms with van der Waals surface area (Å²) < 4.78 is 34.7. The van der Waals surface area contributed by atoms with Gasteiger partial charge in [0, 0.05) is 5.39 Å². The van der Waals surface area contributed by atoms with Crippen molar-refractivity contribution in [3.63, 3.8) is 0 Å². The van der Waals surface area contributed by atoms with Gasteiger partial charge in [0.2, 0.25) is 0 Å². The van der Waals surface area contributed by atoms with Gasteiger partial charge in [-0.05, 0) is 63.4 Å². The summed E-state index contributed by atoms with van der Waals surface area (Å²) in [5.74, 6) is -1.83. The van der Waals surface area contributed by atoms with Crippen LogP contribution in [0.15, 0.2) is 41.2 Å². The lowest BCUT2D eigenvalue weighted by Crippen LogP contribution is -2.51. The summed E-state index contributed by atoms with van der Waals surface area (Å²) in [6.07, 6.45) is 1.49. The Bertz CT molecular complexity index is 1630. The number of aromatic nitrogens is 2. The van der Waals surface area contributed by atoms with Gasteiger partial charge in [0.15, 0.2) is 0 Å². The van der Waals surface area contributed by atoms with Crippen molar-refractivity contribution in [2.24, 2.45) is 0 Å². The summed E-state index contributed by atoms with van der Waals surface area (Å²) in [5, 5.41) is 9.45. The molecule has 40 heavy (non-hydrogen) atoms. The van der Waals surface area contributed by atoms with E-state index in [1.165, 1.54) is 24.3 Å². The number of H-pyrrole nitrogens is 1. The van der Waals surface area contributed by atoms with Gasteiger partial charge in [-0.25, -0.2) is 23.5 Å². The molecule has 0 bridgehead atoms. The molecule has 4 amide bonds. The summed E-state index contributed by atoms with van der Waals surface area (Å²) in [6.45, 7) is 4.96. The van der Waals surface area contributed by atoms with E-state index < -0.39 is 58.4 Å². The Kier molecular flexibility index (Phi) is 5.72. The molecule has 2 aromatic carbocycles. The molecule has 1 spiro atoms.